The lowest BCUT2D eigenvalue weighted by molar-refractivity contribution is -0.162. The Morgan fingerprint density at radius 1 is 1.31 bits per heavy atom. The highest BCUT2D eigenvalue weighted by Gasteiger charge is 2.39. The molecule has 26 heavy (non-hydrogen) atoms. The van der Waals surface area contributed by atoms with Crippen molar-refractivity contribution in [1.29, 1.82) is 0 Å². The molecule has 1 amide bonds. The molecule has 0 aliphatic carbocycles. The summed E-state index contributed by atoms with van der Waals surface area (Å²) in [4.78, 5) is 25.6. The number of esters is 1. The molecule has 0 aromatic carbocycles. The number of hydrogen-bond donors (Lipinski definition) is 1. The lowest BCUT2D eigenvalue weighted by atomic mass is 10.1. The van der Waals surface area contributed by atoms with Crippen LogP contribution < -0.4 is 0 Å². The largest absolute Gasteiger partial charge is 0.448 e. The van der Waals surface area contributed by atoms with Crippen molar-refractivity contribution in [3.63, 3.8) is 0 Å². The molecule has 1 saturated heterocycles. The van der Waals surface area contributed by atoms with E-state index in [1.54, 1.807) is 6.08 Å². The lowest BCUT2D eigenvalue weighted by Crippen LogP contribution is -2.46. The quantitative estimate of drug-likeness (QED) is 0.407. The van der Waals surface area contributed by atoms with Crippen molar-refractivity contribution in [1.82, 2.24) is 4.90 Å². The molecule has 1 aliphatic rings. The van der Waals surface area contributed by atoms with Crippen LogP contribution >= 0.6 is 0 Å². The van der Waals surface area contributed by atoms with E-state index in [0.717, 1.165) is 12.0 Å². The molecule has 1 aliphatic heterocycles. The molecule has 1 heterocycles. The summed E-state index contributed by atoms with van der Waals surface area (Å²) in [6, 6.07) is 0. The van der Waals surface area contributed by atoms with Gasteiger partial charge >= 0.3 is 5.97 Å². The molecule has 0 radical (unpaired) electrons. The Morgan fingerprint density at radius 3 is 2.58 bits per heavy atom. The average Bonchev–Trinajstić information content (AvgIpc) is 2.94. The topological polar surface area (TPSA) is 76.1 Å². The van der Waals surface area contributed by atoms with E-state index >= 15 is 0 Å². The van der Waals surface area contributed by atoms with Crippen molar-refractivity contribution in [3.05, 3.63) is 35.5 Å². The van der Waals surface area contributed by atoms with Gasteiger partial charge in [0, 0.05) is 20.6 Å². The Morgan fingerprint density at radius 2 is 2.00 bits per heavy atom. The van der Waals surface area contributed by atoms with Gasteiger partial charge in [-0.2, -0.15) is 0 Å². The van der Waals surface area contributed by atoms with E-state index in [-0.39, 0.29) is 5.91 Å². The van der Waals surface area contributed by atoms with Gasteiger partial charge in [-0.15, -0.1) is 0 Å². The number of rotatable bonds is 8. The van der Waals surface area contributed by atoms with Gasteiger partial charge in [-0.1, -0.05) is 36.3 Å². The van der Waals surface area contributed by atoms with E-state index < -0.39 is 24.4 Å². The number of carbonyl (C=O) groups excluding carboxylic acids is 2. The van der Waals surface area contributed by atoms with E-state index in [2.05, 4.69) is 13.0 Å². The van der Waals surface area contributed by atoms with Gasteiger partial charge in [0.15, 0.2) is 12.3 Å². The number of amides is 1. The highest BCUT2D eigenvalue weighted by Crippen LogP contribution is 2.21. The van der Waals surface area contributed by atoms with Crippen LogP contribution in [0.4, 0.5) is 0 Å². The van der Waals surface area contributed by atoms with E-state index in [1.807, 2.05) is 26.0 Å². The first-order chi connectivity index (χ1) is 12.3. The van der Waals surface area contributed by atoms with Crippen molar-refractivity contribution in [2.45, 2.75) is 65.4 Å². The minimum Gasteiger partial charge on any atom is -0.448 e. The van der Waals surface area contributed by atoms with Gasteiger partial charge in [0.1, 0.15) is 6.10 Å². The number of methoxy groups -OCH3 is 1. The number of aliphatic hydroxyl groups is 1. The number of hydrogen-bond acceptors (Lipinski definition) is 5. The monoisotopic (exact) mass is 365 g/mol. The lowest BCUT2D eigenvalue weighted by Gasteiger charge is -2.27. The third kappa shape index (κ3) is 6.77. The van der Waals surface area contributed by atoms with Crippen molar-refractivity contribution in [3.8, 4) is 0 Å². The molecular formula is C20H31NO5. The minimum atomic E-state index is -1.02. The Bertz CT molecular complexity index is 579. The van der Waals surface area contributed by atoms with Gasteiger partial charge in [0.2, 0.25) is 0 Å². The van der Waals surface area contributed by atoms with Crippen molar-refractivity contribution in [2.75, 3.05) is 13.7 Å². The van der Waals surface area contributed by atoms with Gasteiger partial charge in [0.05, 0.1) is 0 Å². The summed E-state index contributed by atoms with van der Waals surface area (Å²) >= 11 is 0. The highest BCUT2D eigenvalue weighted by atomic mass is 16.5. The molecule has 0 saturated carbocycles. The summed E-state index contributed by atoms with van der Waals surface area (Å²) < 4.78 is 10.4. The fourth-order valence-corrected chi connectivity index (χ4v) is 2.91. The fraction of sp³-hybridized carbons (Fsp3) is 0.600. The van der Waals surface area contributed by atoms with E-state index in [1.165, 1.54) is 24.5 Å². The number of aliphatic hydroxyl groups excluding tert-OH is 1. The number of likely N-dealkylation sites (tertiary alicyclic amines) is 1. The smallest absolute Gasteiger partial charge is 0.303 e. The summed E-state index contributed by atoms with van der Waals surface area (Å²) in [5.74, 6) is -0.910. The molecule has 0 spiro atoms. The molecule has 1 N–H and O–H groups in total. The molecule has 1 fully saturated rings. The van der Waals surface area contributed by atoms with Crippen LogP contribution in [-0.2, 0) is 19.1 Å². The Balaban J connectivity index is 2.87. The maximum Gasteiger partial charge on any atom is 0.303 e. The van der Waals surface area contributed by atoms with Crippen molar-refractivity contribution >= 4 is 11.9 Å². The molecule has 146 valence electrons. The maximum atomic E-state index is 12.8. The van der Waals surface area contributed by atoms with Crippen LogP contribution in [0.5, 0.6) is 0 Å². The van der Waals surface area contributed by atoms with Crippen molar-refractivity contribution in [2.24, 2.45) is 0 Å². The number of ether oxygens (including phenoxy) is 2. The molecule has 3 atom stereocenters. The van der Waals surface area contributed by atoms with Gasteiger partial charge in [0.25, 0.3) is 5.91 Å². The maximum absolute atomic E-state index is 12.8. The molecule has 0 unspecified atom stereocenters. The standard InChI is InChI=1S/C20H31NO5/c1-6-8-14(2)9-7-10-15(3)13-18(26-16(4)22)19(24)21-12-11-17(23)20(21)25-5/h7-9,13,17-18,20,23H,6,10-12H2,1-5H3/b9-7+,14-8+,15-13+/t17-,18-,20-/m0/s1. The third-order valence-corrected chi connectivity index (χ3v) is 4.15. The number of carbonyl (C=O) groups is 2. The zero-order valence-corrected chi connectivity index (χ0v) is 16.4. The van der Waals surface area contributed by atoms with Gasteiger partial charge in [-0.25, -0.2) is 0 Å². The van der Waals surface area contributed by atoms with Gasteiger partial charge in [-0.05, 0) is 39.2 Å². The van der Waals surface area contributed by atoms with E-state index in [4.69, 9.17) is 9.47 Å². The summed E-state index contributed by atoms with van der Waals surface area (Å²) in [5.41, 5.74) is 2.10. The van der Waals surface area contributed by atoms with Gasteiger partial charge < -0.3 is 19.5 Å². The first kappa shape index (κ1) is 22.1. The second-order valence-electron chi connectivity index (χ2n) is 6.52. The summed E-state index contributed by atoms with van der Waals surface area (Å²) in [6.45, 7) is 7.65. The average molecular weight is 365 g/mol. The molecular weight excluding hydrogens is 334 g/mol. The molecule has 6 heteroatoms. The molecule has 1 rings (SSSR count). The Labute approximate surface area is 156 Å². The summed E-state index contributed by atoms with van der Waals surface area (Å²) in [6.07, 6.45) is 7.43. The van der Waals surface area contributed by atoms with Crippen LogP contribution in [0.25, 0.3) is 0 Å². The molecule has 6 nitrogen and oxygen atoms in total. The van der Waals surface area contributed by atoms with Crippen LogP contribution in [0.3, 0.4) is 0 Å². The van der Waals surface area contributed by atoms with E-state index in [0.29, 0.717) is 19.4 Å². The summed E-state index contributed by atoms with van der Waals surface area (Å²) in [5, 5.41) is 9.91. The Kier molecular flexibility index (Phi) is 9.30. The third-order valence-electron chi connectivity index (χ3n) is 4.15. The van der Waals surface area contributed by atoms with Crippen LogP contribution in [0, 0.1) is 0 Å². The zero-order valence-electron chi connectivity index (χ0n) is 16.4. The predicted molar refractivity (Wildman–Crippen MR) is 100 cm³/mol. The first-order valence-electron chi connectivity index (χ1n) is 8.99. The molecule has 0 bridgehead atoms. The second kappa shape index (κ2) is 10.9. The predicted octanol–water partition coefficient (Wildman–Crippen LogP) is 2.73. The van der Waals surface area contributed by atoms with Crippen LogP contribution in [0.1, 0.15) is 47.0 Å². The van der Waals surface area contributed by atoms with Crippen molar-refractivity contribution < 1.29 is 24.2 Å². The normalized spacial score (nSPS) is 22.8. The number of nitrogens with zero attached hydrogens (tertiary/aromatic N) is 1. The minimum absolute atomic E-state index is 0.365. The number of allylic oxidation sites excluding steroid dienone is 5. The first-order valence-corrected chi connectivity index (χ1v) is 8.99. The van der Waals surface area contributed by atoms with Crippen LogP contribution in [-0.4, -0.2) is 54.0 Å². The molecule has 0 aromatic rings. The second-order valence-corrected chi connectivity index (χ2v) is 6.52. The van der Waals surface area contributed by atoms with Crippen LogP contribution in [0.15, 0.2) is 35.5 Å². The fourth-order valence-electron chi connectivity index (χ4n) is 2.91. The summed E-state index contributed by atoms with van der Waals surface area (Å²) in [7, 11) is 1.44. The highest BCUT2D eigenvalue weighted by molar-refractivity contribution is 5.85. The SMILES string of the molecule is CC/C=C(C)/C=C/C/C(C)=C/[C@H](OC(C)=O)C(=O)N1CC[C@H](O)[C@@H]1OC. The van der Waals surface area contributed by atoms with E-state index in [9.17, 15) is 14.7 Å². The Hall–Kier alpha value is -1.92. The zero-order chi connectivity index (χ0) is 19.7. The molecule has 0 aromatic heterocycles. The van der Waals surface area contributed by atoms with Gasteiger partial charge in [-0.3, -0.25) is 9.59 Å². The van der Waals surface area contributed by atoms with Crippen LogP contribution in [0.2, 0.25) is 0 Å².